The van der Waals surface area contributed by atoms with Crippen molar-refractivity contribution in [1.82, 2.24) is 14.4 Å². The van der Waals surface area contributed by atoms with Crippen LogP contribution in [0.25, 0.3) is 5.65 Å². The zero-order valence-corrected chi connectivity index (χ0v) is 10.3. The smallest absolute Gasteiger partial charge is 0.358 e. The Morgan fingerprint density at radius 3 is 2.72 bits per heavy atom. The minimum absolute atomic E-state index is 0.199. The topological polar surface area (TPSA) is 75.0 Å². The van der Waals surface area contributed by atoms with E-state index in [2.05, 4.69) is 9.97 Å². The molecule has 96 valence electrons. The summed E-state index contributed by atoms with van der Waals surface area (Å²) in [6, 6.07) is 1.89. The van der Waals surface area contributed by atoms with Crippen LogP contribution in [0, 0.1) is 0 Å². The molecule has 0 aliphatic heterocycles. The SMILES string of the molecule is CCOC(=O)c1cn2c(OC)nc(OC)cc2n1. The predicted molar refractivity (Wildman–Crippen MR) is 62.0 cm³/mol. The minimum Gasteiger partial charge on any atom is -0.481 e. The van der Waals surface area contributed by atoms with Crippen molar-refractivity contribution in [3.63, 3.8) is 0 Å². The first kappa shape index (κ1) is 12.2. The van der Waals surface area contributed by atoms with Crippen molar-refractivity contribution in [2.24, 2.45) is 0 Å². The van der Waals surface area contributed by atoms with Gasteiger partial charge >= 0.3 is 12.0 Å². The Labute approximate surface area is 103 Å². The summed E-state index contributed by atoms with van der Waals surface area (Å²) in [5.74, 6) is -0.123. The maximum atomic E-state index is 11.6. The summed E-state index contributed by atoms with van der Waals surface area (Å²) in [6.07, 6.45) is 1.51. The number of carbonyl (C=O) groups excluding carboxylic acids is 1. The van der Waals surface area contributed by atoms with E-state index in [4.69, 9.17) is 14.2 Å². The van der Waals surface area contributed by atoms with Gasteiger partial charge in [0.25, 0.3) is 0 Å². The second-order valence-electron chi connectivity index (χ2n) is 3.36. The fourth-order valence-electron chi connectivity index (χ4n) is 1.49. The van der Waals surface area contributed by atoms with Crippen LogP contribution in [0.4, 0.5) is 0 Å². The van der Waals surface area contributed by atoms with Gasteiger partial charge in [-0.3, -0.25) is 4.40 Å². The highest BCUT2D eigenvalue weighted by Gasteiger charge is 2.15. The van der Waals surface area contributed by atoms with Gasteiger partial charge < -0.3 is 14.2 Å². The van der Waals surface area contributed by atoms with E-state index in [-0.39, 0.29) is 11.7 Å². The third kappa shape index (κ3) is 2.06. The summed E-state index contributed by atoms with van der Waals surface area (Å²) in [6.45, 7) is 2.03. The molecule has 0 aromatic carbocycles. The highest BCUT2D eigenvalue weighted by Crippen LogP contribution is 2.19. The van der Waals surface area contributed by atoms with E-state index in [9.17, 15) is 4.79 Å². The molecule has 2 heterocycles. The van der Waals surface area contributed by atoms with Gasteiger partial charge in [0.05, 0.1) is 20.8 Å². The number of imidazole rings is 1. The Morgan fingerprint density at radius 1 is 1.33 bits per heavy atom. The van der Waals surface area contributed by atoms with Gasteiger partial charge in [-0.15, -0.1) is 0 Å². The second kappa shape index (κ2) is 4.91. The molecule has 0 spiro atoms. The molecule has 2 aromatic rings. The van der Waals surface area contributed by atoms with Crippen LogP contribution in [-0.4, -0.2) is 41.2 Å². The lowest BCUT2D eigenvalue weighted by Gasteiger charge is -2.04. The number of carbonyl (C=O) groups is 1. The third-order valence-corrected chi connectivity index (χ3v) is 2.27. The van der Waals surface area contributed by atoms with Gasteiger partial charge in [0.15, 0.2) is 5.69 Å². The second-order valence-corrected chi connectivity index (χ2v) is 3.36. The Morgan fingerprint density at radius 2 is 2.11 bits per heavy atom. The monoisotopic (exact) mass is 251 g/mol. The van der Waals surface area contributed by atoms with E-state index < -0.39 is 5.97 Å². The molecule has 0 fully saturated rings. The molecule has 0 N–H and O–H groups in total. The largest absolute Gasteiger partial charge is 0.481 e. The van der Waals surface area contributed by atoms with Gasteiger partial charge in [-0.05, 0) is 6.92 Å². The Bertz CT molecular complexity index is 579. The summed E-state index contributed by atoms with van der Waals surface area (Å²) in [4.78, 5) is 19.8. The number of hydrogen-bond donors (Lipinski definition) is 0. The quantitative estimate of drug-likeness (QED) is 0.752. The highest BCUT2D eigenvalue weighted by molar-refractivity contribution is 5.88. The summed E-state index contributed by atoms with van der Waals surface area (Å²) >= 11 is 0. The zero-order valence-electron chi connectivity index (χ0n) is 10.3. The molecule has 2 rings (SSSR count). The summed E-state index contributed by atoms with van der Waals surface area (Å²) in [5.41, 5.74) is 0.701. The van der Waals surface area contributed by atoms with Crippen LogP contribution in [-0.2, 0) is 4.74 Å². The van der Waals surface area contributed by atoms with Crippen molar-refractivity contribution in [2.45, 2.75) is 6.92 Å². The standard InChI is InChI=1S/C11H13N3O4/c1-4-18-10(15)7-6-14-8(12-7)5-9(16-2)13-11(14)17-3/h5-6H,4H2,1-3H3. The first-order chi connectivity index (χ1) is 8.69. The first-order valence-corrected chi connectivity index (χ1v) is 5.34. The molecule has 7 nitrogen and oxygen atoms in total. The fourth-order valence-corrected chi connectivity index (χ4v) is 1.49. The number of aromatic nitrogens is 3. The van der Waals surface area contributed by atoms with Crippen molar-refractivity contribution in [3.05, 3.63) is 18.0 Å². The van der Waals surface area contributed by atoms with Gasteiger partial charge in [-0.2, -0.15) is 4.98 Å². The minimum atomic E-state index is -0.484. The van der Waals surface area contributed by atoms with E-state index in [0.29, 0.717) is 18.1 Å². The molecule has 0 saturated carbocycles. The molecule has 0 aliphatic carbocycles. The van der Waals surface area contributed by atoms with Gasteiger partial charge in [0.2, 0.25) is 5.88 Å². The number of methoxy groups -OCH3 is 2. The molecule has 0 atom stereocenters. The lowest BCUT2D eigenvalue weighted by Crippen LogP contribution is -2.04. The summed E-state index contributed by atoms with van der Waals surface area (Å²) in [5, 5.41) is 0. The number of fused-ring (bicyclic) bond motifs is 1. The Kier molecular flexibility index (Phi) is 3.31. The number of rotatable bonds is 4. The van der Waals surface area contributed by atoms with Gasteiger partial charge in [0, 0.05) is 12.3 Å². The van der Waals surface area contributed by atoms with E-state index in [1.807, 2.05) is 0 Å². The Balaban J connectivity index is 2.52. The fraction of sp³-hybridized carbons (Fsp3) is 0.364. The van der Waals surface area contributed by atoms with E-state index in [1.165, 1.54) is 20.4 Å². The highest BCUT2D eigenvalue weighted by atomic mass is 16.5. The molecule has 18 heavy (non-hydrogen) atoms. The van der Waals surface area contributed by atoms with Crippen LogP contribution in [0.2, 0.25) is 0 Å². The number of esters is 1. The van der Waals surface area contributed by atoms with Crippen LogP contribution in [0.5, 0.6) is 11.9 Å². The maximum Gasteiger partial charge on any atom is 0.358 e. The Hall–Kier alpha value is -2.31. The van der Waals surface area contributed by atoms with Crippen molar-refractivity contribution >= 4 is 11.6 Å². The molecular formula is C11H13N3O4. The summed E-state index contributed by atoms with van der Waals surface area (Å²) in [7, 11) is 2.97. The average Bonchev–Trinajstić information content (AvgIpc) is 2.81. The van der Waals surface area contributed by atoms with E-state index >= 15 is 0 Å². The van der Waals surface area contributed by atoms with Crippen molar-refractivity contribution < 1.29 is 19.0 Å². The summed E-state index contributed by atoms with van der Waals surface area (Å²) < 4.78 is 16.6. The van der Waals surface area contributed by atoms with Gasteiger partial charge in [-0.1, -0.05) is 0 Å². The van der Waals surface area contributed by atoms with Crippen LogP contribution < -0.4 is 9.47 Å². The molecular weight excluding hydrogens is 238 g/mol. The number of nitrogens with zero attached hydrogens (tertiary/aromatic N) is 3. The van der Waals surface area contributed by atoms with Crippen LogP contribution in [0.15, 0.2) is 12.3 Å². The first-order valence-electron chi connectivity index (χ1n) is 5.34. The van der Waals surface area contributed by atoms with Crippen LogP contribution in [0.3, 0.4) is 0 Å². The zero-order chi connectivity index (χ0) is 13.1. The molecule has 0 aliphatic rings. The van der Waals surface area contributed by atoms with E-state index in [1.54, 1.807) is 17.4 Å². The van der Waals surface area contributed by atoms with Crippen molar-refractivity contribution in [1.29, 1.82) is 0 Å². The maximum absolute atomic E-state index is 11.6. The molecule has 0 amide bonds. The third-order valence-electron chi connectivity index (χ3n) is 2.27. The molecule has 7 heteroatoms. The molecule has 0 saturated heterocycles. The predicted octanol–water partition coefficient (Wildman–Crippen LogP) is 0.923. The molecule has 0 bridgehead atoms. The van der Waals surface area contributed by atoms with Crippen LogP contribution in [0.1, 0.15) is 17.4 Å². The molecule has 2 aromatic heterocycles. The van der Waals surface area contributed by atoms with Crippen molar-refractivity contribution in [3.8, 4) is 11.9 Å². The number of ether oxygens (including phenoxy) is 3. The van der Waals surface area contributed by atoms with E-state index in [0.717, 1.165) is 0 Å². The van der Waals surface area contributed by atoms with Crippen LogP contribution >= 0.6 is 0 Å². The van der Waals surface area contributed by atoms with Gasteiger partial charge in [0.1, 0.15) is 5.65 Å². The van der Waals surface area contributed by atoms with Crippen molar-refractivity contribution in [2.75, 3.05) is 20.8 Å². The molecule has 0 unspecified atom stereocenters. The normalized spacial score (nSPS) is 10.4. The average molecular weight is 251 g/mol. The number of hydrogen-bond acceptors (Lipinski definition) is 6. The lowest BCUT2D eigenvalue weighted by molar-refractivity contribution is 0.0520. The lowest BCUT2D eigenvalue weighted by atomic mass is 10.5. The van der Waals surface area contributed by atoms with Gasteiger partial charge in [-0.25, -0.2) is 9.78 Å². The molecule has 0 radical (unpaired) electrons.